The summed E-state index contributed by atoms with van der Waals surface area (Å²) in [5.74, 6) is 1.78. The van der Waals surface area contributed by atoms with E-state index in [1.54, 1.807) is 25.0 Å². The molecule has 1 amide bonds. The Morgan fingerprint density at radius 1 is 1.07 bits per heavy atom. The Balaban J connectivity index is 1.79. The Hall–Kier alpha value is -3.41. The molecule has 28 heavy (non-hydrogen) atoms. The minimum absolute atomic E-state index is 0.116. The zero-order valence-corrected chi connectivity index (χ0v) is 16.3. The number of anilines is 2. The van der Waals surface area contributed by atoms with E-state index in [4.69, 9.17) is 4.74 Å². The lowest BCUT2D eigenvalue weighted by Gasteiger charge is -2.21. The molecule has 0 spiro atoms. The topological polar surface area (TPSA) is 67.4 Å². The fourth-order valence-electron chi connectivity index (χ4n) is 2.86. The summed E-state index contributed by atoms with van der Waals surface area (Å²) in [7, 11) is 1.63. The second-order valence-corrected chi connectivity index (χ2v) is 6.34. The highest BCUT2D eigenvalue weighted by Crippen LogP contribution is 2.20. The third kappa shape index (κ3) is 4.85. The summed E-state index contributed by atoms with van der Waals surface area (Å²) in [4.78, 5) is 23.5. The molecule has 0 saturated heterocycles. The van der Waals surface area contributed by atoms with Crippen molar-refractivity contribution in [3.8, 4) is 5.75 Å². The van der Waals surface area contributed by atoms with Gasteiger partial charge in [0.15, 0.2) is 0 Å². The van der Waals surface area contributed by atoms with Crippen LogP contribution >= 0.6 is 0 Å². The van der Waals surface area contributed by atoms with Crippen molar-refractivity contribution in [3.05, 3.63) is 77.7 Å². The Bertz CT molecular complexity index is 927. The monoisotopic (exact) mass is 376 g/mol. The van der Waals surface area contributed by atoms with Crippen molar-refractivity contribution in [1.82, 2.24) is 14.9 Å². The molecule has 1 aromatic heterocycles. The number of aryl methyl sites for hydroxylation is 1. The molecule has 0 saturated carbocycles. The van der Waals surface area contributed by atoms with Gasteiger partial charge in [-0.2, -0.15) is 0 Å². The molecule has 0 aliphatic carbocycles. The second kappa shape index (κ2) is 8.99. The largest absolute Gasteiger partial charge is 0.497 e. The van der Waals surface area contributed by atoms with Gasteiger partial charge < -0.3 is 15.0 Å². The smallest absolute Gasteiger partial charge is 0.272 e. The Morgan fingerprint density at radius 3 is 2.43 bits per heavy atom. The lowest BCUT2D eigenvalue weighted by molar-refractivity contribution is 0.0746. The number of carbonyl (C=O) groups is 1. The molecule has 1 N–H and O–H groups in total. The number of amides is 1. The average molecular weight is 376 g/mol. The van der Waals surface area contributed by atoms with Crippen molar-refractivity contribution in [2.45, 2.75) is 20.4 Å². The molecule has 0 bridgehead atoms. The molecule has 144 valence electrons. The van der Waals surface area contributed by atoms with Crippen molar-refractivity contribution in [2.24, 2.45) is 0 Å². The Kier molecular flexibility index (Phi) is 6.22. The highest BCUT2D eigenvalue weighted by molar-refractivity contribution is 5.93. The van der Waals surface area contributed by atoms with Crippen LogP contribution < -0.4 is 10.1 Å². The molecule has 1 heterocycles. The van der Waals surface area contributed by atoms with Gasteiger partial charge in [0.2, 0.25) is 0 Å². The minimum Gasteiger partial charge on any atom is -0.497 e. The normalized spacial score (nSPS) is 10.4. The Morgan fingerprint density at radius 2 is 1.79 bits per heavy atom. The zero-order chi connectivity index (χ0) is 19.9. The van der Waals surface area contributed by atoms with Gasteiger partial charge in [-0.3, -0.25) is 4.79 Å². The number of benzene rings is 2. The van der Waals surface area contributed by atoms with E-state index >= 15 is 0 Å². The van der Waals surface area contributed by atoms with E-state index in [2.05, 4.69) is 15.3 Å². The first kappa shape index (κ1) is 19.4. The third-order valence-corrected chi connectivity index (χ3v) is 4.30. The first-order valence-electron chi connectivity index (χ1n) is 9.19. The van der Waals surface area contributed by atoms with Gasteiger partial charge in [-0.05, 0) is 43.7 Å². The number of aromatic nitrogens is 2. The molecule has 0 aliphatic heterocycles. The van der Waals surface area contributed by atoms with Crippen LogP contribution in [-0.4, -0.2) is 34.4 Å². The summed E-state index contributed by atoms with van der Waals surface area (Å²) in [5.41, 5.74) is 2.32. The fourth-order valence-corrected chi connectivity index (χ4v) is 2.86. The summed E-state index contributed by atoms with van der Waals surface area (Å²) >= 11 is 0. The van der Waals surface area contributed by atoms with Crippen molar-refractivity contribution in [3.63, 3.8) is 0 Å². The molecule has 0 fully saturated rings. The van der Waals surface area contributed by atoms with Crippen LogP contribution in [0.25, 0.3) is 0 Å². The van der Waals surface area contributed by atoms with Crippen LogP contribution in [0.3, 0.4) is 0 Å². The minimum atomic E-state index is -0.116. The second-order valence-electron chi connectivity index (χ2n) is 6.34. The molecule has 3 aromatic rings. The van der Waals surface area contributed by atoms with Crippen molar-refractivity contribution in [2.75, 3.05) is 19.0 Å². The quantitative estimate of drug-likeness (QED) is 0.669. The van der Waals surface area contributed by atoms with Crippen LogP contribution in [0.4, 0.5) is 11.5 Å². The first-order valence-corrected chi connectivity index (χ1v) is 9.19. The van der Waals surface area contributed by atoms with Gasteiger partial charge >= 0.3 is 0 Å². The van der Waals surface area contributed by atoms with Gasteiger partial charge in [0.1, 0.15) is 23.1 Å². The molecule has 2 aromatic carbocycles. The van der Waals surface area contributed by atoms with Gasteiger partial charge in [0.25, 0.3) is 5.91 Å². The zero-order valence-electron chi connectivity index (χ0n) is 16.3. The average Bonchev–Trinajstić information content (AvgIpc) is 2.72. The highest BCUT2D eigenvalue weighted by atomic mass is 16.5. The van der Waals surface area contributed by atoms with E-state index in [0.717, 1.165) is 17.0 Å². The molecule has 0 radical (unpaired) electrons. The standard InChI is InChI=1S/C22H24N4O2/c1-4-26(15-17-8-6-5-7-9-17)22(27)20-14-21(24-16(2)23-20)25-18-10-12-19(28-3)13-11-18/h5-14H,4,15H2,1-3H3,(H,23,24,25). The maximum absolute atomic E-state index is 13.0. The lowest BCUT2D eigenvalue weighted by Crippen LogP contribution is -2.31. The van der Waals surface area contributed by atoms with Crippen LogP contribution in [0, 0.1) is 6.92 Å². The summed E-state index contributed by atoms with van der Waals surface area (Å²) in [6, 6.07) is 19.1. The molecule has 6 heteroatoms. The maximum Gasteiger partial charge on any atom is 0.272 e. The van der Waals surface area contributed by atoms with Gasteiger partial charge in [-0.1, -0.05) is 30.3 Å². The molecular formula is C22H24N4O2. The number of nitrogens with zero attached hydrogens (tertiary/aromatic N) is 3. The molecule has 6 nitrogen and oxygen atoms in total. The summed E-state index contributed by atoms with van der Waals surface area (Å²) in [6.07, 6.45) is 0. The summed E-state index contributed by atoms with van der Waals surface area (Å²) < 4.78 is 5.17. The van der Waals surface area contributed by atoms with Crippen LogP contribution in [0.5, 0.6) is 5.75 Å². The Labute approximate surface area is 165 Å². The van der Waals surface area contributed by atoms with Gasteiger partial charge in [0.05, 0.1) is 7.11 Å². The molecule has 0 atom stereocenters. The number of hydrogen-bond acceptors (Lipinski definition) is 5. The van der Waals surface area contributed by atoms with Crippen LogP contribution in [0.15, 0.2) is 60.7 Å². The van der Waals surface area contributed by atoms with Crippen molar-refractivity contribution >= 4 is 17.4 Å². The fraction of sp³-hybridized carbons (Fsp3) is 0.227. The van der Waals surface area contributed by atoms with Crippen molar-refractivity contribution in [1.29, 1.82) is 0 Å². The number of nitrogens with one attached hydrogen (secondary N) is 1. The first-order chi connectivity index (χ1) is 13.6. The number of rotatable bonds is 7. The van der Waals surface area contributed by atoms with Gasteiger partial charge in [-0.15, -0.1) is 0 Å². The lowest BCUT2D eigenvalue weighted by atomic mass is 10.2. The predicted octanol–water partition coefficient (Wildman–Crippen LogP) is 4.20. The maximum atomic E-state index is 13.0. The van der Waals surface area contributed by atoms with Crippen LogP contribution in [0.1, 0.15) is 28.8 Å². The summed E-state index contributed by atoms with van der Waals surface area (Å²) in [5, 5.41) is 3.22. The van der Waals surface area contributed by atoms with Crippen LogP contribution in [-0.2, 0) is 6.54 Å². The van der Waals surface area contributed by atoms with Gasteiger partial charge in [0, 0.05) is 24.8 Å². The SMILES string of the molecule is CCN(Cc1ccccc1)C(=O)c1cc(Nc2ccc(OC)cc2)nc(C)n1. The van der Waals surface area contributed by atoms with E-state index in [0.29, 0.717) is 30.4 Å². The number of ether oxygens (including phenoxy) is 1. The van der Waals surface area contributed by atoms with E-state index in [1.165, 1.54) is 0 Å². The van der Waals surface area contributed by atoms with E-state index in [1.807, 2.05) is 61.5 Å². The third-order valence-electron chi connectivity index (χ3n) is 4.30. The van der Waals surface area contributed by atoms with E-state index in [9.17, 15) is 4.79 Å². The molecular weight excluding hydrogens is 352 g/mol. The van der Waals surface area contributed by atoms with E-state index in [-0.39, 0.29) is 5.91 Å². The number of methoxy groups -OCH3 is 1. The van der Waals surface area contributed by atoms with Crippen LogP contribution in [0.2, 0.25) is 0 Å². The molecule has 0 aliphatic rings. The summed E-state index contributed by atoms with van der Waals surface area (Å²) in [6.45, 7) is 4.88. The van der Waals surface area contributed by atoms with Gasteiger partial charge in [-0.25, -0.2) is 9.97 Å². The van der Waals surface area contributed by atoms with E-state index < -0.39 is 0 Å². The number of hydrogen-bond donors (Lipinski definition) is 1. The molecule has 3 rings (SSSR count). The number of carbonyl (C=O) groups excluding carboxylic acids is 1. The molecule has 0 unspecified atom stereocenters. The van der Waals surface area contributed by atoms with Crippen molar-refractivity contribution < 1.29 is 9.53 Å². The highest BCUT2D eigenvalue weighted by Gasteiger charge is 2.17. The predicted molar refractivity (Wildman–Crippen MR) is 110 cm³/mol.